The maximum atomic E-state index is 11.2. The summed E-state index contributed by atoms with van der Waals surface area (Å²) in [6.07, 6.45) is 2.85. The van der Waals surface area contributed by atoms with Crippen molar-refractivity contribution >= 4 is 13.1 Å². The van der Waals surface area contributed by atoms with Crippen LogP contribution in [0.4, 0.5) is 0 Å². The minimum atomic E-state index is -1.81. The highest BCUT2D eigenvalue weighted by molar-refractivity contribution is 6.51. The largest absolute Gasteiger partial charge is 0.485 e. The summed E-state index contributed by atoms with van der Waals surface area (Å²) in [5, 5.41) is 27.7. The summed E-state index contributed by atoms with van der Waals surface area (Å²) in [5.41, 5.74) is -1.48. The molecule has 1 fully saturated rings. The van der Waals surface area contributed by atoms with Gasteiger partial charge in [-0.3, -0.25) is 9.69 Å². The van der Waals surface area contributed by atoms with Crippen LogP contribution in [-0.2, 0) is 4.79 Å². The minimum absolute atomic E-state index is 0.309. The second-order valence-electron chi connectivity index (χ2n) is 4.05. The number of rotatable bonds is 5. The van der Waals surface area contributed by atoms with Crippen LogP contribution in [0, 0.1) is 0 Å². The zero-order valence-corrected chi connectivity index (χ0v) is 9.02. The Labute approximate surface area is 89.8 Å². The van der Waals surface area contributed by atoms with Crippen LogP contribution < -0.4 is 0 Å². The lowest BCUT2D eigenvalue weighted by atomic mass is 9.63. The summed E-state index contributed by atoms with van der Waals surface area (Å²) in [4.78, 5) is 12.9. The summed E-state index contributed by atoms with van der Waals surface area (Å²) in [6.45, 7) is 3.26. The third-order valence-electron chi connectivity index (χ3n) is 3.13. The molecule has 1 saturated heterocycles. The fourth-order valence-corrected chi connectivity index (χ4v) is 2.20. The molecule has 3 N–H and O–H groups in total. The van der Waals surface area contributed by atoms with Gasteiger partial charge in [0.1, 0.15) is 0 Å². The molecule has 1 aliphatic rings. The zero-order chi connectivity index (χ0) is 11.5. The van der Waals surface area contributed by atoms with Gasteiger partial charge in [0, 0.05) is 0 Å². The molecule has 0 aromatic carbocycles. The van der Waals surface area contributed by atoms with E-state index in [1.165, 1.54) is 0 Å². The van der Waals surface area contributed by atoms with Gasteiger partial charge in [-0.05, 0) is 32.4 Å². The van der Waals surface area contributed by atoms with Crippen molar-refractivity contribution in [1.82, 2.24) is 4.90 Å². The maximum absolute atomic E-state index is 11.2. The molecule has 15 heavy (non-hydrogen) atoms. The lowest BCUT2D eigenvalue weighted by Crippen LogP contribution is -2.61. The van der Waals surface area contributed by atoms with E-state index in [9.17, 15) is 14.8 Å². The molecule has 0 aromatic heterocycles. The standard InChI is InChI=1S/C9H18BNO4/c1-2-3-6-11-7-4-5-9(11,8(12)13)10(14)15/h14-15H,2-7H2,1H3,(H,12,13). The van der Waals surface area contributed by atoms with E-state index < -0.39 is 18.5 Å². The van der Waals surface area contributed by atoms with E-state index in [0.29, 0.717) is 25.9 Å². The predicted octanol–water partition coefficient (Wildman–Crippen LogP) is -0.282. The van der Waals surface area contributed by atoms with Crippen molar-refractivity contribution in [2.45, 2.75) is 38.0 Å². The first kappa shape index (κ1) is 12.5. The van der Waals surface area contributed by atoms with Crippen LogP contribution in [0.5, 0.6) is 0 Å². The third kappa shape index (κ3) is 2.16. The SMILES string of the molecule is CCCCN1CCCC1(B(O)O)C(=O)O. The molecule has 6 heteroatoms. The molecule has 5 nitrogen and oxygen atoms in total. The molecule has 1 rings (SSSR count). The lowest BCUT2D eigenvalue weighted by molar-refractivity contribution is -0.146. The van der Waals surface area contributed by atoms with Crippen molar-refractivity contribution in [3.05, 3.63) is 0 Å². The number of unbranched alkanes of at least 4 members (excludes halogenated alkanes) is 1. The average molecular weight is 215 g/mol. The van der Waals surface area contributed by atoms with Gasteiger partial charge in [0.25, 0.3) is 0 Å². The maximum Gasteiger partial charge on any atom is 0.485 e. The van der Waals surface area contributed by atoms with E-state index >= 15 is 0 Å². The predicted molar refractivity (Wildman–Crippen MR) is 56.3 cm³/mol. The van der Waals surface area contributed by atoms with Crippen LogP contribution in [0.2, 0.25) is 0 Å². The summed E-state index contributed by atoms with van der Waals surface area (Å²) in [6, 6.07) is 0. The van der Waals surface area contributed by atoms with Gasteiger partial charge < -0.3 is 15.2 Å². The first-order valence-electron chi connectivity index (χ1n) is 5.40. The number of likely N-dealkylation sites (tertiary alicyclic amines) is 1. The monoisotopic (exact) mass is 215 g/mol. The lowest BCUT2D eigenvalue weighted by Gasteiger charge is -2.33. The minimum Gasteiger partial charge on any atom is -0.480 e. The van der Waals surface area contributed by atoms with E-state index in [1.54, 1.807) is 4.90 Å². The first-order valence-corrected chi connectivity index (χ1v) is 5.40. The normalized spacial score (nSPS) is 26.9. The molecule has 1 unspecified atom stereocenters. The van der Waals surface area contributed by atoms with Gasteiger partial charge in [0.05, 0.1) is 0 Å². The van der Waals surface area contributed by atoms with E-state index in [2.05, 4.69) is 0 Å². The fourth-order valence-electron chi connectivity index (χ4n) is 2.20. The molecular formula is C9H18BNO4. The molecular weight excluding hydrogens is 197 g/mol. The van der Waals surface area contributed by atoms with Crippen LogP contribution in [0.25, 0.3) is 0 Å². The Bertz CT molecular complexity index is 236. The molecule has 0 spiro atoms. The average Bonchev–Trinajstić information content (AvgIpc) is 2.58. The molecule has 0 aromatic rings. The summed E-state index contributed by atoms with van der Waals surface area (Å²) < 4.78 is 0. The molecule has 1 atom stereocenters. The van der Waals surface area contributed by atoms with E-state index in [0.717, 1.165) is 12.8 Å². The second-order valence-corrected chi connectivity index (χ2v) is 4.05. The second kappa shape index (κ2) is 4.96. The van der Waals surface area contributed by atoms with Gasteiger partial charge in [-0.15, -0.1) is 0 Å². The molecule has 0 amide bonds. The summed E-state index contributed by atoms with van der Waals surface area (Å²) >= 11 is 0. The fraction of sp³-hybridized carbons (Fsp3) is 0.889. The van der Waals surface area contributed by atoms with Gasteiger partial charge in [0.15, 0.2) is 5.44 Å². The molecule has 0 bridgehead atoms. The third-order valence-corrected chi connectivity index (χ3v) is 3.13. The smallest absolute Gasteiger partial charge is 0.480 e. The molecule has 86 valence electrons. The zero-order valence-electron chi connectivity index (χ0n) is 9.02. The highest BCUT2D eigenvalue weighted by Gasteiger charge is 2.56. The van der Waals surface area contributed by atoms with Gasteiger partial charge >= 0.3 is 13.1 Å². The number of carbonyl (C=O) groups is 1. The summed E-state index contributed by atoms with van der Waals surface area (Å²) in [5.74, 6) is -1.13. The Morgan fingerprint density at radius 2 is 2.20 bits per heavy atom. The number of aliphatic carboxylic acids is 1. The highest BCUT2D eigenvalue weighted by Crippen LogP contribution is 2.30. The highest BCUT2D eigenvalue weighted by atomic mass is 16.4. The number of hydrogen-bond donors (Lipinski definition) is 3. The number of carboxylic acid groups (broad SMARTS) is 1. The van der Waals surface area contributed by atoms with Crippen molar-refractivity contribution in [3.63, 3.8) is 0 Å². The van der Waals surface area contributed by atoms with Gasteiger partial charge in [-0.25, -0.2) is 0 Å². The van der Waals surface area contributed by atoms with Crippen LogP contribution in [-0.4, -0.2) is 51.7 Å². The number of nitrogens with zero attached hydrogens (tertiary/aromatic N) is 1. The van der Waals surface area contributed by atoms with E-state index in [4.69, 9.17) is 5.11 Å². The van der Waals surface area contributed by atoms with E-state index in [-0.39, 0.29) is 0 Å². The number of carboxylic acids is 1. The molecule has 0 saturated carbocycles. The van der Waals surface area contributed by atoms with Gasteiger partial charge in [-0.2, -0.15) is 0 Å². The Hall–Kier alpha value is -0.585. The molecule has 0 radical (unpaired) electrons. The van der Waals surface area contributed by atoms with Gasteiger partial charge in [-0.1, -0.05) is 13.3 Å². The van der Waals surface area contributed by atoms with Crippen molar-refractivity contribution < 1.29 is 19.9 Å². The summed E-state index contributed by atoms with van der Waals surface area (Å²) in [7, 11) is -1.81. The van der Waals surface area contributed by atoms with Crippen LogP contribution >= 0.6 is 0 Å². The Kier molecular flexibility index (Phi) is 4.13. The van der Waals surface area contributed by atoms with Crippen LogP contribution in [0.1, 0.15) is 32.6 Å². The Morgan fingerprint density at radius 3 is 2.67 bits per heavy atom. The van der Waals surface area contributed by atoms with Crippen molar-refractivity contribution in [2.24, 2.45) is 0 Å². The van der Waals surface area contributed by atoms with Crippen molar-refractivity contribution in [2.75, 3.05) is 13.1 Å². The quantitative estimate of drug-likeness (QED) is 0.549. The molecule has 1 heterocycles. The van der Waals surface area contributed by atoms with Gasteiger partial charge in [0.2, 0.25) is 0 Å². The van der Waals surface area contributed by atoms with E-state index in [1.807, 2.05) is 6.92 Å². The van der Waals surface area contributed by atoms with Crippen molar-refractivity contribution in [3.8, 4) is 0 Å². The van der Waals surface area contributed by atoms with Crippen molar-refractivity contribution in [1.29, 1.82) is 0 Å². The van der Waals surface area contributed by atoms with Crippen LogP contribution in [0.15, 0.2) is 0 Å². The molecule has 1 aliphatic heterocycles. The van der Waals surface area contributed by atoms with Crippen LogP contribution in [0.3, 0.4) is 0 Å². The topological polar surface area (TPSA) is 81.0 Å². The Balaban J connectivity index is 2.80. The first-order chi connectivity index (χ1) is 7.05. The number of hydrogen-bond acceptors (Lipinski definition) is 4. The molecule has 0 aliphatic carbocycles. The Morgan fingerprint density at radius 1 is 1.53 bits per heavy atom.